The highest BCUT2D eigenvalue weighted by Gasteiger charge is 2.15. The number of alkyl carbamates (subject to hydrolysis) is 1. The van der Waals surface area contributed by atoms with Crippen molar-refractivity contribution >= 4 is 12.0 Å². The lowest BCUT2D eigenvalue weighted by molar-refractivity contribution is 0.0951. The van der Waals surface area contributed by atoms with Gasteiger partial charge in [0, 0.05) is 18.3 Å². The zero-order valence-electron chi connectivity index (χ0n) is 18.6. The van der Waals surface area contributed by atoms with Gasteiger partial charge in [-0.25, -0.2) is 4.79 Å². The van der Waals surface area contributed by atoms with Crippen molar-refractivity contribution in [3.05, 3.63) is 126 Å². The van der Waals surface area contributed by atoms with Crippen molar-refractivity contribution in [2.24, 2.45) is 0 Å². The topological polar surface area (TPSA) is 80.3 Å². The summed E-state index contributed by atoms with van der Waals surface area (Å²) >= 11 is 0. The first kappa shape index (κ1) is 22.7. The van der Waals surface area contributed by atoms with Crippen molar-refractivity contribution in [3.8, 4) is 11.1 Å². The van der Waals surface area contributed by atoms with Gasteiger partial charge in [-0.3, -0.25) is 9.78 Å². The molecule has 0 bridgehead atoms. The number of ether oxygens (including phenoxy) is 1. The molecule has 6 nitrogen and oxygen atoms in total. The number of hydrogen-bond acceptors (Lipinski definition) is 4. The van der Waals surface area contributed by atoms with Crippen LogP contribution in [0.5, 0.6) is 0 Å². The summed E-state index contributed by atoms with van der Waals surface area (Å²) in [6.45, 7) is 0.811. The van der Waals surface area contributed by atoms with Gasteiger partial charge in [-0.1, -0.05) is 78.9 Å². The molecule has 2 amide bonds. The van der Waals surface area contributed by atoms with E-state index in [1.54, 1.807) is 12.3 Å². The zero-order chi connectivity index (χ0) is 23.6. The second-order valence-electron chi connectivity index (χ2n) is 7.62. The molecule has 0 unspecified atom stereocenters. The summed E-state index contributed by atoms with van der Waals surface area (Å²) in [4.78, 5) is 29.5. The van der Waals surface area contributed by atoms with Crippen molar-refractivity contribution in [2.45, 2.75) is 19.7 Å². The van der Waals surface area contributed by atoms with Crippen LogP contribution in [0.4, 0.5) is 4.79 Å². The molecule has 0 atom stereocenters. The molecule has 0 spiro atoms. The number of carbonyl (C=O) groups is 2. The molecule has 0 saturated heterocycles. The van der Waals surface area contributed by atoms with Gasteiger partial charge in [0.1, 0.15) is 6.61 Å². The first-order chi connectivity index (χ1) is 16.7. The van der Waals surface area contributed by atoms with Gasteiger partial charge in [-0.2, -0.15) is 0 Å². The van der Waals surface area contributed by atoms with Gasteiger partial charge in [0.2, 0.25) is 0 Å². The standard InChI is InChI=1S/C28H25N3O3/c32-27(30-19-23-13-8-9-17-29-23)26-16-7-6-15-25(26)24-14-5-4-12-22(24)18-31-28(33)34-20-21-10-2-1-3-11-21/h1-17H,18-20H2,(H,30,32)(H,31,33). The van der Waals surface area contributed by atoms with Gasteiger partial charge in [0.25, 0.3) is 5.91 Å². The highest BCUT2D eigenvalue weighted by atomic mass is 16.5. The average Bonchev–Trinajstić information content (AvgIpc) is 2.90. The lowest BCUT2D eigenvalue weighted by atomic mass is 9.95. The number of benzene rings is 3. The number of pyridine rings is 1. The van der Waals surface area contributed by atoms with Crippen LogP contribution in [0.2, 0.25) is 0 Å². The Bertz CT molecular complexity index is 1240. The molecule has 0 aliphatic heterocycles. The fourth-order valence-electron chi connectivity index (χ4n) is 3.56. The largest absolute Gasteiger partial charge is 0.445 e. The third kappa shape index (κ3) is 6.07. The van der Waals surface area contributed by atoms with Crippen LogP contribution in [-0.2, 0) is 24.4 Å². The van der Waals surface area contributed by atoms with E-state index in [1.807, 2.05) is 91.0 Å². The Labute approximate surface area is 198 Å². The van der Waals surface area contributed by atoms with Crippen LogP contribution < -0.4 is 10.6 Å². The number of amides is 2. The van der Waals surface area contributed by atoms with Gasteiger partial charge < -0.3 is 15.4 Å². The maximum atomic E-state index is 13.0. The third-order valence-electron chi connectivity index (χ3n) is 5.27. The first-order valence-electron chi connectivity index (χ1n) is 11.0. The molecule has 6 heteroatoms. The number of carbonyl (C=O) groups excluding carboxylic acids is 2. The van der Waals surface area contributed by atoms with Crippen LogP contribution in [-0.4, -0.2) is 17.0 Å². The summed E-state index contributed by atoms with van der Waals surface area (Å²) < 4.78 is 5.31. The quantitative estimate of drug-likeness (QED) is 0.390. The molecule has 3 aromatic carbocycles. The van der Waals surface area contributed by atoms with Gasteiger partial charge in [0.15, 0.2) is 0 Å². The van der Waals surface area contributed by atoms with E-state index in [0.29, 0.717) is 12.1 Å². The Morgan fingerprint density at radius 2 is 1.41 bits per heavy atom. The fraction of sp³-hybridized carbons (Fsp3) is 0.107. The number of aromatic nitrogens is 1. The minimum absolute atomic E-state index is 0.189. The van der Waals surface area contributed by atoms with Crippen molar-refractivity contribution in [1.82, 2.24) is 15.6 Å². The van der Waals surface area contributed by atoms with Crippen LogP contribution in [0.3, 0.4) is 0 Å². The minimum Gasteiger partial charge on any atom is -0.445 e. The molecule has 4 aromatic rings. The van der Waals surface area contributed by atoms with Crippen molar-refractivity contribution in [2.75, 3.05) is 0 Å². The molecule has 34 heavy (non-hydrogen) atoms. The normalized spacial score (nSPS) is 10.4. The van der Waals surface area contributed by atoms with Crippen LogP contribution in [0, 0.1) is 0 Å². The Balaban J connectivity index is 1.44. The van der Waals surface area contributed by atoms with E-state index in [9.17, 15) is 9.59 Å². The summed E-state index contributed by atoms with van der Waals surface area (Å²) in [6.07, 6.45) is 1.20. The van der Waals surface area contributed by atoms with E-state index in [-0.39, 0.29) is 19.1 Å². The first-order valence-corrected chi connectivity index (χ1v) is 11.0. The molecule has 0 aliphatic carbocycles. The van der Waals surface area contributed by atoms with Crippen LogP contribution in [0.1, 0.15) is 27.2 Å². The smallest absolute Gasteiger partial charge is 0.407 e. The van der Waals surface area contributed by atoms with Gasteiger partial charge in [-0.05, 0) is 40.5 Å². The Kier molecular flexibility index (Phi) is 7.64. The van der Waals surface area contributed by atoms with Crippen molar-refractivity contribution in [3.63, 3.8) is 0 Å². The minimum atomic E-state index is -0.500. The predicted molar refractivity (Wildman–Crippen MR) is 131 cm³/mol. The van der Waals surface area contributed by atoms with Gasteiger partial charge in [0.05, 0.1) is 12.2 Å². The summed E-state index contributed by atoms with van der Waals surface area (Å²) in [5.41, 5.74) is 4.79. The monoisotopic (exact) mass is 451 g/mol. The molecule has 0 saturated carbocycles. The molecule has 1 heterocycles. The number of rotatable bonds is 8. The maximum absolute atomic E-state index is 13.0. The lowest BCUT2D eigenvalue weighted by Crippen LogP contribution is -2.25. The van der Waals surface area contributed by atoms with Gasteiger partial charge >= 0.3 is 6.09 Å². The molecular weight excluding hydrogens is 426 g/mol. The summed E-state index contributed by atoms with van der Waals surface area (Å²) in [6, 6.07) is 30.2. The Hall–Kier alpha value is -4.45. The second kappa shape index (κ2) is 11.4. The highest BCUT2D eigenvalue weighted by Crippen LogP contribution is 2.27. The molecule has 2 N–H and O–H groups in total. The number of nitrogens with zero attached hydrogens (tertiary/aromatic N) is 1. The van der Waals surface area contributed by atoms with E-state index in [1.165, 1.54) is 0 Å². The Morgan fingerprint density at radius 1 is 0.706 bits per heavy atom. The van der Waals surface area contributed by atoms with E-state index < -0.39 is 6.09 Å². The van der Waals surface area contributed by atoms with E-state index in [4.69, 9.17) is 4.74 Å². The predicted octanol–water partition coefficient (Wildman–Crippen LogP) is 5.11. The van der Waals surface area contributed by atoms with Crippen molar-refractivity contribution in [1.29, 1.82) is 0 Å². The van der Waals surface area contributed by atoms with Crippen molar-refractivity contribution < 1.29 is 14.3 Å². The molecule has 0 aliphatic rings. The highest BCUT2D eigenvalue weighted by molar-refractivity contribution is 6.01. The molecular formula is C28H25N3O3. The molecule has 0 fully saturated rings. The average molecular weight is 452 g/mol. The molecule has 1 aromatic heterocycles. The molecule has 0 radical (unpaired) electrons. The maximum Gasteiger partial charge on any atom is 0.407 e. The van der Waals surface area contributed by atoms with E-state index in [0.717, 1.165) is 27.9 Å². The van der Waals surface area contributed by atoms with Crippen LogP contribution >= 0.6 is 0 Å². The van der Waals surface area contributed by atoms with Crippen LogP contribution in [0.15, 0.2) is 103 Å². The summed E-state index contributed by atoms with van der Waals surface area (Å²) in [5, 5.41) is 5.74. The Morgan fingerprint density at radius 3 is 2.21 bits per heavy atom. The van der Waals surface area contributed by atoms with Gasteiger partial charge in [-0.15, -0.1) is 0 Å². The fourth-order valence-corrected chi connectivity index (χ4v) is 3.56. The number of nitrogens with one attached hydrogen (secondary N) is 2. The van der Waals surface area contributed by atoms with Crippen LogP contribution in [0.25, 0.3) is 11.1 Å². The third-order valence-corrected chi connectivity index (χ3v) is 5.27. The zero-order valence-corrected chi connectivity index (χ0v) is 18.6. The summed E-state index contributed by atoms with van der Waals surface area (Å²) in [5.74, 6) is -0.189. The lowest BCUT2D eigenvalue weighted by Gasteiger charge is -2.15. The summed E-state index contributed by atoms with van der Waals surface area (Å²) in [7, 11) is 0. The van der Waals surface area contributed by atoms with E-state index in [2.05, 4.69) is 15.6 Å². The van der Waals surface area contributed by atoms with E-state index >= 15 is 0 Å². The molecule has 170 valence electrons. The second-order valence-corrected chi connectivity index (χ2v) is 7.62. The molecule has 4 rings (SSSR count). The number of hydrogen-bond donors (Lipinski definition) is 2. The SMILES string of the molecule is O=C(NCc1ccccc1-c1ccccc1C(=O)NCc1ccccn1)OCc1ccccc1.